The number of benzene rings is 2. The number of hydrogen-bond acceptors (Lipinski definition) is 5. The van der Waals surface area contributed by atoms with Crippen molar-refractivity contribution in [1.82, 2.24) is 9.97 Å². The number of ether oxygens (including phenoxy) is 1. The molecule has 124 valence electrons. The van der Waals surface area contributed by atoms with E-state index in [1.54, 1.807) is 6.20 Å². The van der Waals surface area contributed by atoms with Crippen molar-refractivity contribution in [2.45, 2.75) is 0 Å². The molecule has 0 saturated carbocycles. The molecule has 4 rings (SSSR count). The van der Waals surface area contributed by atoms with Gasteiger partial charge in [-0.3, -0.25) is 0 Å². The first-order chi connectivity index (χ1) is 12.3. The zero-order valence-electron chi connectivity index (χ0n) is 13.8. The van der Waals surface area contributed by atoms with Gasteiger partial charge in [0.05, 0.1) is 18.7 Å². The van der Waals surface area contributed by atoms with Gasteiger partial charge in [0.25, 0.3) is 0 Å². The molecule has 1 aliphatic rings. The van der Waals surface area contributed by atoms with E-state index in [4.69, 9.17) is 11.2 Å². The van der Waals surface area contributed by atoms with E-state index in [0.717, 1.165) is 48.5 Å². The van der Waals surface area contributed by atoms with Crippen LogP contribution in [0.4, 0.5) is 17.3 Å². The van der Waals surface area contributed by atoms with E-state index < -0.39 is 0 Å². The summed E-state index contributed by atoms with van der Waals surface area (Å²) in [4.78, 5) is 11.3. The largest absolute Gasteiger partial charge is 0.378 e. The lowest BCUT2D eigenvalue weighted by atomic mass is 10.1. The third kappa shape index (κ3) is 3.39. The van der Waals surface area contributed by atoms with Gasteiger partial charge < -0.3 is 15.0 Å². The van der Waals surface area contributed by atoms with Crippen LogP contribution in [0.3, 0.4) is 0 Å². The maximum Gasteiger partial charge on any atom is 0.227 e. The third-order valence-corrected chi connectivity index (χ3v) is 4.22. The molecule has 1 aliphatic heterocycles. The fourth-order valence-electron chi connectivity index (χ4n) is 2.91. The van der Waals surface area contributed by atoms with Crippen LogP contribution in [0.1, 0.15) is 5.56 Å². The van der Waals surface area contributed by atoms with Gasteiger partial charge in [-0.2, -0.15) is 0 Å². The van der Waals surface area contributed by atoms with Crippen LogP contribution < -0.4 is 10.2 Å². The minimum atomic E-state index is 0.570. The summed E-state index contributed by atoms with van der Waals surface area (Å²) in [6.07, 6.45) is 7.22. The van der Waals surface area contributed by atoms with E-state index in [-0.39, 0.29) is 0 Å². The Labute approximate surface area is 146 Å². The summed E-state index contributed by atoms with van der Waals surface area (Å²) in [5.41, 5.74) is 3.83. The maximum atomic E-state index is 5.43. The summed E-state index contributed by atoms with van der Waals surface area (Å²) < 4.78 is 5.41. The fraction of sp³-hybridized carbons (Fsp3) is 0.200. The summed E-state index contributed by atoms with van der Waals surface area (Å²) in [5.74, 6) is 3.20. The predicted molar refractivity (Wildman–Crippen MR) is 100 cm³/mol. The Kier molecular flexibility index (Phi) is 4.19. The highest BCUT2D eigenvalue weighted by Gasteiger charge is 2.11. The quantitative estimate of drug-likeness (QED) is 0.748. The van der Waals surface area contributed by atoms with E-state index in [0.29, 0.717) is 5.95 Å². The number of morpholine rings is 1. The molecule has 0 atom stereocenters. The highest BCUT2D eigenvalue weighted by Crippen LogP contribution is 2.23. The van der Waals surface area contributed by atoms with Gasteiger partial charge in [0.15, 0.2) is 0 Å². The first-order valence-corrected chi connectivity index (χ1v) is 8.25. The van der Waals surface area contributed by atoms with Crippen molar-refractivity contribution in [3.8, 4) is 12.3 Å². The first kappa shape index (κ1) is 15.4. The number of aromatic nitrogens is 2. The number of nitrogens with one attached hydrogen (secondary N) is 1. The van der Waals surface area contributed by atoms with Gasteiger partial charge >= 0.3 is 0 Å². The molecule has 5 heteroatoms. The third-order valence-electron chi connectivity index (χ3n) is 4.22. The van der Waals surface area contributed by atoms with Gasteiger partial charge in [0.2, 0.25) is 5.95 Å². The predicted octanol–water partition coefficient (Wildman–Crippen LogP) is 3.19. The molecule has 5 nitrogen and oxygen atoms in total. The summed E-state index contributed by atoms with van der Waals surface area (Å²) in [7, 11) is 0. The number of fused-ring (bicyclic) bond motifs is 1. The van der Waals surface area contributed by atoms with E-state index in [1.165, 1.54) is 5.69 Å². The number of anilines is 3. The number of nitrogens with zero attached hydrogens (tertiary/aromatic N) is 3. The summed E-state index contributed by atoms with van der Waals surface area (Å²) in [5, 5.41) is 4.22. The van der Waals surface area contributed by atoms with Crippen molar-refractivity contribution in [3.05, 3.63) is 54.2 Å². The Morgan fingerprint density at radius 3 is 2.84 bits per heavy atom. The molecule has 0 amide bonds. The lowest BCUT2D eigenvalue weighted by Gasteiger charge is -2.29. The number of hydrogen-bond donors (Lipinski definition) is 1. The zero-order chi connectivity index (χ0) is 17.1. The normalized spacial score (nSPS) is 14.3. The molecule has 0 spiro atoms. The minimum Gasteiger partial charge on any atom is -0.378 e. The standard InChI is InChI=1S/C20H18N4O/c1-2-15-6-7-19-16(12-15)14-21-20(23-19)22-17-4-3-5-18(13-17)24-8-10-25-11-9-24/h1,3-7,12-14H,8-11H2,(H,21,22,23). The fourth-order valence-corrected chi connectivity index (χ4v) is 2.91. The Morgan fingerprint density at radius 2 is 2.00 bits per heavy atom. The van der Waals surface area contributed by atoms with Crippen LogP contribution in [0.5, 0.6) is 0 Å². The van der Waals surface area contributed by atoms with Crippen LogP contribution in [0.15, 0.2) is 48.7 Å². The molecule has 0 bridgehead atoms. The highest BCUT2D eigenvalue weighted by molar-refractivity contribution is 5.80. The van der Waals surface area contributed by atoms with Crippen molar-refractivity contribution in [1.29, 1.82) is 0 Å². The average molecular weight is 330 g/mol. The zero-order valence-corrected chi connectivity index (χ0v) is 13.8. The van der Waals surface area contributed by atoms with Gasteiger partial charge in [-0.1, -0.05) is 12.0 Å². The number of terminal acetylenes is 1. The van der Waals surface area contributed by atoms with E-state index in [2.05, 4.69) is 38.2 Å². The average Bonchev–Trinajstić information content (AvgIpc) is 2.68. The van der Waals surface area contributed by atoms with Crippen LogP contribution in [0.25, 0.3) is 10.9 Å². The van der Waals surface area contributed by atoms with E-state index in [9.17, 15) is 0 Å². The molecular formula is C20H18N4O. The summed E-state index contributed by atoms with van der Waals surface area (Å²) in [6.45, 7) is 3.36. The number of rotatable bonds is 3. The second kappa shape index (κ2) is 6.80. The second-order valence-corrected chi connectivity index (χ2v) is 5.89. The molecule has 2 heterocycles. The van der Waals surface area contributed by atoms with Crippen LogP contribution in [0, 0.1) is 12.3 Å². The van der Waals surface area contributed by atoms with Gasteiger partial charge in [-0.25, -0.2) is 9.97 Å². The van der Waals surface area contributed by atoms with Crippen molar-refractivity contribution in [3.63, 3.8) is 0 Å². The Hall–Kier alpha value is -3.10. The van der Waals surface area contributed by atoms with Gasteiger partial charge in [0.1, 0.15) is 0 Å². The van der Waals surface area contributed by atoms with Gasteiger partial charge in [-0.15, -0.1) is 6.42 Å². The molecule has 0 radical (unpaired) electrons. The lowest BCUT2D eigenvalue weighted by Crippen LogP contribution is -2.36. The van der Waals surface area contributed by atoms with Crippen LogP contribution >= 0.6 is 0 Å². The second-order valence-electron chi connectivity index (χ2n) is 5.89. The SMILES string of the molecule is C#Cc1ccc2nc(Nc3cccc(N4CCOCC4)c3)ncc2c1. The lowest BCUT2D eigenvalue weighted by molar-refractivity contribution is 0.122. The molecule has 1 fully saturated rings. The molecule has 2 aromatic carbocycles. The molecule has 1 aromatic heterocycles. The van der Waals surface area contributed by atoms with Crippen molar-refractivity contribution >= 4 is 28.2 Å². The summed E-state index contributed by atoms with van der Waals surface area (Å²) >= 11 is 0. The molecule has 0 unspecified atom stereocenters. The Morgan fingerprint density at radius 1 is 1.12 bits per heavy atom. The first-order valence-electron chi connectivity index (χ1n) is 8.25. The van der Waals surface area contributed by atoms with Crippen molar-refractivity contribution in [2.75, 3.05) is 36.5 Å². The molecule has 25 heavy (non-hydrogen) atoms. The smallest absolute Gasteiger partial charge is 0.227 e. The van der Waals surface area contributed by atoms with Crippen LogP contribution in [0.2, 0.25) is 0 Å². The topological polar surface area (TPSA) is 50.3 Å². The molecule has 0 aliphatic carbocycles. The molecule has 1 N–H and O–H groups in total. The molecule has 1 saturated heterocycles. The van der Waals surface area contributed by atoms with Crippen LogP contribution in [-0.2, 0) is 4.74 Å². The molecular weight excluding hydrogens is 312 g/mol. The van der Waals surface area contributed by atoms with Gasteiger partial charge in [-0.05, 0) is 36.4 Å². The molecule has 3 aromatic rings. The monoisotopic (exact) mass is 330 g/mol. The summed E-state index contributed by atoms with van der Waals surface area (Å²) in [6, 6.07) is 14.0. The van der Waals surface area contributed by atoms with E-state index >= 15 is 0 Å². The maximum absolute atomic E-state index is 5.43. The van der Waals surface area contributed by atoms with Crippen molar-refractivity contribution in [2.24, 2.45) is 0 Å². The highest BCUT2D eigenvalue weighted by atomic mass is 16.5. The minimum absolute atomic E-state index is 0.570. The van der Waals surface area contributed by atoms with Crippen molar-refractivity contribution < 1.29 is 4.74 Å². The Bertz CT molecular complexity index is 942. The Balaban J connectivity index is 1.57. The van der Waals surface area contributed by atoms with E-state index in [1.807, 2.05) is 30.3 Å². The van der Waals surface area contributed by atoms with Gasteiger partial charge in [0, 0.05) is 41.6 Å². The van der Waals surface area contributed by atoms with Crippen LogP contribution in [-0.4, -0.2) is 36.3 Å².